The van der Waals surface area contributed by atoms with E-state index in [-0.39, 0.29) is 30.8 Å². The second-order valence-electron chi connectivity index (χ2n) is 6.20. The molecule has 1 aliphatic heterocycles. The molecule has 0 spiro atoms. The van der Waals surface area contributed by atoms with Crippen molar-refractivity contribution >= 4 is 18.3 Å². The van der Waals surface area contributed by atoms with E-state index in [0.29, 0.717) is 23.8 Å². The lowest BCUT2D eigenvalue weighted by Crippen LogP contribution is -2.33. The van der Waals surface area contributed by atoms with E-state index in [1.54, 1.807) is 0 Å². The summed E-state index contributed by atoms with van der Waals surface area (Å²) in [4.78, 5) is 14.1. The van der Waals surface area contributed by atoms with Crippen molar-refractivity contribution in [3.8, 4) is 0 Å². The number of nitrogens with zero attached hydrogens (tertiary/aromatic N) is 1. The first-order valence-corrected chi connectivity index (χ1v) is 7.52. The van der Waals surface area contributed by atoms with E-state index in [1.807, 2.05) is 4.90 Å². The van der Waals surface area contributed by atoms with Crippen LogP contribution in [0.3, 0.4) is 0 Å². The number of benzene rings is 1. The standard InChI is InChI=1S/C16H20F2N2O.ClH/c17-12-4-1-10(14(18)7-12)3-6-16(21)20-8-11-2-5-15(19)13(11)9-20;/h1,4,7,11,13,15H,2-3,5-6,8-9,19H2;1H. The first-order valence-electron chi connectivity index (χ1n) is 7.52. The molecule has 1 saturated heterocycles. The van der Waals surface area contributed by atoms with E-state index >= 15 is 0 Å². The fourth-order valence-corrected chi connectivity index (χ4v) is 3.64. The number of rotatable bonds is 3. The molecular weight excluding hydrogens is 310 g/mol. The molecule has 0 bridgehead atoms. The summed E-state index contributed by atoms with van der Waals surface area (Å²) < 4.78 is 26.4. The lowest BCUT2D eigenvalue weighted by atomic mass is 9.98. The Balaban J connectivity index is 0.00000176. The first-order chi connectivity index (χ1) is 10.0. The number of aryl methyl sites for hydroxylation is 1. The number of likely N-dealkylation sites (tertiary alicyclic amines) is 1. The maximum atomic E-state index is 13.5. The smallest absolute Gasteiger partial charge is 0.222 e. The molecule has 1 aliphatic carbocycles. The molecule has 1 heterocycles. The summed E-state index contributed by atoms with van der Waals surface area (Å²) in [5.41, 5.74) is 6.45. The van der Waals surface area contributed by atoms with Gasteiger partial charge >= 0.3 is 0 Å². The van der Waals surface area contributed by atoms with Crippen molar-refractivity contribution in [2.75, 3.05) is 13.1 Å². The molecule has 1 aromatic carbocycles. The van der Waals surface area contributed by atoms with E-state index in [2.05, 4.69) is 0 Å². The molecule has 1 amide bonds. The summed E-state index contributed by atoms with van der Waals surface area (Å²) in [5, 5.41) is 0. The number of nitrogens with two attached hydrogens (primary N) is 1. The zero-order chi connectivity index (χ0) is 15.0. The van der Waals surface area contributed by atoms with E-state index in [9.17, 15) is 13.6 Å². The predicted molar refractivity (Wildman–Crippen MR) is 82.7 cm³/mol. The molecule has 3 nitrogen and oxygen atoms in total. The fourth-order valence-electron chi connectivity index (χ4n) is 3.64. The lowest BCUT2D eigenvalue weighted by Gasteiger charge is -2.18. The van der Waals surface area contributed by atoms with Crippen molar-refractivity contribution in [2.45, 2.75) is 31.7 Å². The number of halogens is 3. The Bertz CT molecular complexity index is 555. The Morgan fingerprint density at radius 3 is 2.73 bits per heavy atom. The highest BCUT2D eigenvalue weighted by Gasteiger charge is 2.42. The molecule has 0 aromatic heterocycles. The van der Waals surface area contributed by atoms with Gasteiger partial charge in [-0.3, -0.25) is 4.79 Å². The Kier molecular flexibility index (Phi) is 5.40. The third-order valence-electron chi connectivity index (χ3n) is 4.89. The monoisotopic (exact) mass is 330 g/mol. The molecule has 6 heteroatoms. The zero-order valence-electron chi connectivity index (χ0n) is 12.3. The van der Waals surface area contributed by atoms with Crippen molar-refractivity contribution in [3.05, 3.63) is 35.4 Å². The molecule has 2 aliphatic rings. The van der Waals surface area contributed by atoms with Gasteiger partial charge in [0.2, 0.25) is 5.91 Å². The van der Waals surface area contributed by atoms with Gasteiger partial charge in [-0.15, -0.1) is 12.4 Å². The molecule has 1 saturated carbocycles. The van der Waals surface area contributed by atoms with Gasteiger partial charge in [0.05, 0.1) is 0 Å². The van der Waals surface area contributed by atoms with Crippen LogP contribution in [0, 0.1) is 23.5 Å². The van der Waals surface area contributed by atoms with Crippen LogP contribution in [-0.4, -0.2) is 29.9 Å². The summed E-state index contributed by atoms with van der Waals surface area (Å²) >= 11 is 0. The normalized spacial score (nSPS) is 26.7. The van der Waals surface area contributed by atoms with Gasteiger partial charge < -0.3 is 10.6 Å². The summed E-state index contributed by atoms with van der Waals surface area (Å²) in [7, 11) is 0. The summed E-state index contributed by atoms with van der Waals surface area (Å²) in [6, 6.07) is 3.70. The lowest BCUT2D eigenvalue weighted by molar-refractivity contribution is -0.130. The second-order valence-corrected chi connectivity index (χ2v) is 6.20. The quantitative estimate of drug-likeness (QED) is 0.925. The molecule has 2 fully saturated rings. The van der Waals surface area contributed by atoms with Crippen molar-refractivity contribution in [2.24, 2.45) is 17.6 Å². The van der Waals surface area contributed by atoms with Gasteiger partial charge in [-0.1, -0.05) is 6.07 Å². The fraction of sp³-hybridized carbons (Fsp3) is 0.562. The van der Waals surface area contributed by atoms with E-state index in [1.165, 1.54) is 12.1 Å². The van der Waals surface area contributed by atoms with Gasteiger partial charge in [0.25, 0.3) is 0 Å². The minimum Gasteiger partial charge on any atom is -0.342 e. The molecular formula is C16H21ClF2N2O. The maximum Gasteiger partial charge on any atom is 0.222 e. The SMILES string of the molecule is Cl.NC1CCC2CN(C(=O)CCc3ccc(F)cc3F)CC12. The predicted octanol–water partition coefficient (Wildman–Crippen LogP) is 2.51. The van der Waals surface area contributed by atoms with Gasteiger partial charge in [-0.05, 0) is 42.7 Å². The third kappa shape index (κ3) is 3.41. The Hall–Kier alpha value is -1.20. The molecule has 3 unspecified atom stereocenters. The van der Waals surface area contributed by atoms with Crippen molar-refractivity contribution in [1.82, 2.24) is 4.90 Å². The Labute approximate surface area is 135 Å². The molecule has 22 heavy (non-hydrogen) atoms. The van der Waals surface area contributed by atoms with Crippen LogP contribution in [0.25, 0.3) is 0 Å². The minimum atomic E-state index is -0.594. The molecule has 122 valence electrons. The number of carbonyl (C=O) groups excluding carboxylic acids is 1. The highest BCUT2D eigenvalue weighted by molar-refractivity contribution is 5.85. The number of hydrogen-bond acceptors (Lipinski definition) is 2. The number of amides is 1. The third-order valence-corrected chi connectivity index (χ3v) is 4.89. The summed E-state index contributed by atoms with van der Waals surface area (Å²) in [6.07, 6.45) is 2.72. The average molecular weight is 331 g/mol. The number of fused-ring (bicyclic) bond motifs is 1. The zero-order valence-corrected chi connectivity index (χ0v) is 13.1. The molecule has 2 N–H and O–H groups in total. The van der Waals surface area contributed by atoms with Crippen LogP contribution >= 0.6 is 12.4 Å². The van der Waals surface area contributed by atoms with Crippen LogP contribution in [0.15, 0.2) is 18.2 Å². The van der Waals surface area contributed by atoms with E-state index in [0.717, 1.165) is 32.0 Å². The first kappa shape index (κ1) is 17.2. The van der Waals surface area contributed by atoms with Gasteiger partial charge in [-0.25, -0.2) is 8.78 Å². The second kappa shape index (κ2) is 6.92. The minimum absolute atomic E-state index is 0. The highest BCUT2D eigenvalue weighted by atomic mass is 35.5. The van der Waals surface area contributed by atoms with Crippen LogP contribution in [-0.2, 0) is 11.2 Å². The van der Waals surface area contributed by atoms with Crippen LogP contribution in [0.5, 0.6) is 0 Å². The van der Waals surface area contributed by atoms with Crippen LogP contribution in [0.4, 0.5) is 8.78 Å². The summed E-state index contributed by atoms with van der Waals surface area (Å²) in [6.45, 7) is 1.51. The maximum absolute atomic E-state index is 13.5. The molecule has 3 rings (SSSR count). The van der Waals surface area contributed by atoms with Gasteiger partial charge in [0.1, 0.15) is 11.6 Å². The molecule has 1 aromatic rings. The number of carbonyl (C=O) groups is 1. The van der Waals surface area contributed by atoms with Gasteiger partial charge in [0, 0.05) is 31.6 Å². The van der Waals surface area contributed by atoms with E-state index in [4.69, 9.17) is 5.73 Å². The largest absolute Gasteiger partial charge is 0.342 e. The Morgan fingerprint density at radius 1 is 1.27 bits per heavy atom. The van der Waals surface area contributed by atoms with Crippen LogP contribution in [0.1, 0.15) is 24.8 Å². The van der Waals surface area contributed by atoms with Gasteiger partial charge in [0.15, 0.2) is 0 Å². The number of hydrogen-bond donors (Lipinski definition) is 1. The van der Waals surface area contributed by atoms with Crippen molar-refractivity contribution < 1.29 is 13.6 Å². The van der Waals surface area contributed by atoms with Crippen molar-refractivity contribution in [1.29, 1.82) is 0 Å². The van der Waals surface area contributed by atoms with Crippen LogP contribution < -0.4 is 5.73 Å². The molecule has 3 atom stereocenters. The highest BCUT2D eigenvalue weighted by Crippen LogP contribution is 2.37. The molecule has 0 radical (unpaired) electrons. The Morgan fingerprint density at radius 2 is 2.05 bits per heavy atom. The van der Waals surface area contributed by atoms with E-state index < -0.39 is 11.6 Å². The van der Waals surface area contributed by atoms with Gasteiger partial charge in [-0.2, -0.15) is 0 Å². The van der Waals surface area contributed by atoms with Crippen molar-refractivity contribution in [3.63, 3.8) is 0 Å². The summed E-state index contributed by atoms with van der Waals surface area (Å²) in [5.74, 6) is -0.171. The average Bonchev–Trinajstić information content (AvgIpc) is 3.00. The topological polar surface area (TPSA) is 46.3 Å². The van der Waals surface area contributed by atoms with Crippen LogP contribution in [0.2, 0.25) is 0 Å².